The number of carbonyl (C=O) groups excluding carboxylic acids is 1. The van der Waals surface area contributed by atoms with Crippen molar-refractivity contribution < 1.29 is 9.90 Å². The first-order valence-corrected chi connectivity index (χ1v) is 11.8. The number of nitrogens with zero attached hydrogens (tertiary/aromatic N) is 1. The molecule has 3 heteroatoms. The summed E-state index contributed by atoms with van der Waals surface area (Å²) in [5.41, 5.74) is 6.87. The van der Waals surface area contributed by atoms with E-state index in [2.05, 4.69) is 58.9 Å². The Balaban J connectivity index is 4.20. The maximum Gasteiger partial charge on any atom is 0.246 e. The van der Waals surface area contributed by atoms with Gasteiger partial charge in [0.2, 0.25) is 5.91 Å². The molecular weight excluding hydrogens is 382 g/mol. The van der Waals surface area contributed by atoms with Gasteiger partial charge in [0.25, 0.3) is 0 Å². The number of aliphatic hydroxyl groups is 1. The highest BCUT2D eigenvalue weighted by Crippen LogP contribution is 2.14. The van der Waals surface area contributed by atoms with Crippen molar-refractivity contribution in [1.82, 2.24) is 4.90 Å². The van der Waals surface area contributed by atoms with Crippen molar-refractivity contribution in [2.75, 3.05) is 20.2 Å². The normalized spacial score (nSPS) is 13.4. The average Bonchev–Trinajstić information content (AvgIpc) is 2.67. The molecule has 0 aromatic heterocycles. The maximum atomic E-state index is 11.9. The minimum Gasteiger partial charge on any atom is -0.395 e. The summed E-state index contributed by atoms with van der Waals surface area (Å²) in [6, 6.07) is 0. The molecule has 0 aliphatic rings. The van der Waals surface area contributed by atoms with E-state index in [1.807, 2.05) is 6.92 Å². The van der Waals surface area contributed by atoms with Crippen molar-refractivity contribution in [2.45, 2.75) is 92.9 Å². The van der Waals surface area contributed by atoms with Gasteiger partial charge in [-0.05, 0) is 92.9 Å². The topological polar surface area (TPSA) is 40.5 Å². The minimum atomic E-state index is -0.0363. The summed E-state index contributed by atoms with van der Waals surface area (Å²) < 4.78 is 0. The summed E-state index contributed by atoms with van der Waals surface area (Å²) in [6.07, 6.45) is 19.7. The molecule has 0 fully saturated rings. The van der Waals surface area contributed by atoms with Crippen molar-refractivity contribution in [3.8, 4) is 0 Å². The molecule has 0 radical (unpaired) electrons. The van der Waals surface area contributed by atoms with Crippen LogP contribution in [0.3, 0.4) is 0 Å². The molecule has 176 valence electrons. The quantitative estimate of drug-likeness (QED) is 0.219. The molecule has 0 aliphatic heterocycles. The molecular formula is C28H47NO2. The first kappa shape index (κ1) is 29.1. The van der Waals surface area contributed by atoms with E-state index in [4.69, 9.17) is 5.11 Å². The number of likely N-dealkylation sites (N-methyl/N-ethyl adjacent to an activating group) is 1. The van der Waals surface area contributed by atoms with Crippen LogP contribution in [0.25, 0.3) is 0 Å². The van der Waals surface area contributed by atoms with E-state index < -0.39 is 0 Å². The summed E-state index contributed by atoms with van der Waals surface area (Å²) in [5.74, 6) is -0.0363. The lowest BCUT2D eigenvalue weighted by molar-refractivity contribution is -0.125. The van der Waals surface area contributed by atoms with Crippen molar-refractivity contribution >= 4 is 5.91 Å². The van der Waals surface area contributed by atoms with Crippen molar-refractivity contribution in [3.05, 3.63) is 58.2 Å². The highest BCUT2D eigenvalue weighted by Gasteiger charge is 2.04. The molecule has 0 spiro atoms. The lowest BCUT2D eigenvalue weighted by Crippen LogP contribution is -2.27. The Hall–Kier alpha value is -1.87. The van der Waals surface area contributed by atoms with Gasteiger partial charge in [-0.3, -0.25) is 4.79 Å². The Morgan fingerprint density at radius 2 is 1.06 bits per heavy atom. The number of rotatable bonds is 15. The van der Waals surface area contributed by atoms with Crippen LogP contribution in [0.5, 0.6) is 0 Å². The highest BCUT2D eigenvalue weighted by atomic mass is 16.3. The summed E-state index contributed by atoms with van der Waals surface area (Å²) in [6.45, 7) is 13.4. The van der Waals surface area contributed by atoms with E-state index in [1.165, 1.54) is 28.7 Å². The van der Waals surface area contributed by atoms with Crippen LogP contribution in [-0.2, 0) is 4.79 Å². The Labute approximate surface area is 192 Å². The zero-order valence-electron chi connectivity index (χ0n) is 21.3. The predicted molar refractivity (Wildman–Crippen MR) is 136 cm³/mol. The van der Waals surface area contributed by atoms with Crippen LogP contribution in [0.2, 0.25) is 0 Å². The second-order valence-electron chi connectivity index (χ2n) is 9.06. The molecule has 3 nitrogen and oxygen atoms in total. The van der Waals surface area contributed by atoms with E-state index in [-0.39, 0.29) is 12.5 Å². The lowest BCUT2D eigenvalue weighted by atomic mass is 10.0. The van der Waals surface area contributed by atoms with Gasteiger partial charge in [-0.2, -0.15) is 0 Å². The fourth-order valence-corrected chi connectivity index (χ4v) is 3.19. The smallest absolute Gasteiger partial charge is 0.246 e. The molecule has 0 aliphatic carbocycles. The average molecular weight is 430 g/mol. The Morgan fingerprint density at radius 3 is 1.45 bits per heavy atom. The van der Waals surface area contributed by atoms with Crippen LogP contribution >= 0.6 is 0 Å². The van der Waals surface area contributed by atoms with E-state index in [0.717, 1.165) is 50.5 Å². The Morgan fingerprint density at radius 1 is 0.677 bits per heavy atom. The summed E-state index contributed by atoms with van der Waals surface area (Å²) >= 11 is 0. The van der Waals surface area contributed by atoms with Gasteiger partial charge in [0.05, 0.1) is 6.61 Å². The molecule has 0 saturated carbocycles. The Kier molecular flexibility index (Phi) is 16.7. The number of amides is 1. The van der Waals surface area contributed by atoms with Gasteiger partial charge >= 0.3 is 0 Å². The molecule has 1 N–H and O–H groups in total. The van der Waals surface area contributed by atoms with E-state index >= 15 is 0 Å². The van der Waals surface area contributed by atoms with Gasteiger partial charge in [0, 0.05) is 19.7 Å². The first-order valence-electron chi connectivity index (χ1n) is 11.8. The fraction of sp³-hybridized carbons (Fsp3) is 0.607. The van der Waals surface area contributed by atoms with Crippen LogP contribution < -0.4 is 0 Å². The monoisotopic (exact) mass is 429 g/mol. The standard InChI is InChI=1S/C28H47NO2/c1-23(2)12-8-13-24(3)14-9-15-25(4)16-10-17-26(5)18-11-19-27(6)22-28(31)29(7)20-21-30/h12,14,16,18,22,30H,8-11,13,15,17,19-21H2,1-7H3. The van der Waals surface area contributed by atoms with E-state index in [0.29, 0.717) is 6.54 Å². The second kappa shape index (κ2) is 17.8. The lowest BCUT2D eigenvalue weighted by Gasteiger charge is -2.13. The molecule has 0 saturated heterocycles. The first-order chi connectivity index (χ1) is 14.6. The molecule has 1 amide bonds. The summed E-state index contributed by atoms with van der Waals surface area (Å²) in [4.78, 5) is 13.5. The fourth-order valence-electron chi connectivity index (χ4n) is 3.19. The second-order valence-corrected chi connectivity index (χ2v) is 9.06. The van der Waals surface area contributed by atoms with Crippen LogP contribution in [-0.4, -0.2) is 36.1 Å². The molecule has 0 bridgehead atoms. The number of aliphatic hydroxyl groups excluding tert-OH is 1. The molecule has 0 heterocycles. The zero-order chi connectivity index (χ0) is 23.6. The van der Waals surface area contributed by atoms with Crippen molar-refractivity contribution in [2.24, 2.45) is 0 Å². The minimum absolute atomic E-state index is 0.00206. The Bertz CT molecular complexity index is 673. The van der Waals surface area contributed by atoms with Gasteiger partial charge < -0.3 is 10.0 Å². The third kappa shape index (κ3) is 17.5. The summed E-state index contributed by atoms with van der Waals surface area (Å²) in [7, 11) is 1.71. The number of hydrogen-bond acceptors (Lipinski definition) is 2. The molecule has 31 heavy (non-hydrogen) atoms. The van der Waals surface area contributed by atoms with E-state index in [1.54, 1.807) is 18.0 Å². The van der Waals surface area contributed by atoms with Crippen molar-refractivity contribution in [3.63, 3.8) is 0 Å². The van der Waals surface area contributed by atoms with E-state index in [9.17, 15) is 4.79 Å². The zero-order valence-corrected chi connectivity index (χ0v) is 21.3. The number of allylic oxidation sites excluding steroid dienone is 9. The number of carbonyl (C=O) groups is 1. The van der Waals surface area contributed by atoms with Gasteiger partial charge in [-0.25, -0.2) is 0 Å². The highest BCUT2D eigenvalue weighted by molar-refractivity contribution is 5.88. The van der Waals surface area contributed by atoms with Crippen LogP contribution in [0.4, 0.5) is 0 Å². The third-order valence-electron chi connectivity index (χ3n) is 5.37. The van der Waals surface area contributed by atoms with Crippen LogP contribution in [0, 0.1) is 0 Å². The van der Waals surface area contributed by atoms with Crippen molar-refractivity contribution in [1.29, 1.82) is 0 Å². The molecule has 0 unspecified atom stereocenters. The largest absolute Gasteiger partial charge is 0.395 e. The molecule has 0 aromatic carbocycles. The van der Waals surface area contributed by atoms with Gasteiger partial charge in [-0.1, -0.05) is 52.2 Å². The van der Waals surface area contributed by atoms with Gasteiger partial charge in [-0.15, -0.1) is 0 Å². The van der Waals surface area contributed by atoms with Gasteiger partial charge in [0.15, 0.2) is 0 Å². The predicted octanol–water partition coefficient (Wildman–Crippen LogP) is 7.31. The third-order valence-corrected chi connectivity index (χ3v) is 5.37. The summed E-state index contributed by atoms with van der Waals surface area (Å²) in [5, 5.41) is 8.90. The van der Waals surface area contributed by atoms with Gasteiger partial charge in [0.1, 0.15) is 0 Å². The van der Waals surface area contributed by atoms with Crippen LogP contribution in [0.15, 0.2) is 58.2 Å². The maximum absolute atomic E-state index is 11.9. The number of hydrogen-bond donors (Lipinski definition) is 1. The molecule has 0 rings (SSSR count). The molecule has 0 atom stereocenters. The molecule has 0 aromatic rings. The van der Waals surface area contributed by atoms with Crippen LogP contribution in [0.1, 0.15) is 92.9 Å². The SMILES string of the molecule is CC(C)=CCCC(C)=CCCC(C)=CCCC(C)=CCCC(C)=CC(=O)N(C)CCO.